The van der Waals surface area contributed by atoms with E-state index >= 15 is 0 Å². The van der Waals surface area contributed by atoms with E-state index in [0.29, 0.717) is 5.75 Å². The number of ether oxygens (including phenoxy) is 2. The van der Waals surface area contributed by atoms with Crippen LogP contribution in [-0.2, 0) is 0 Å². The van der Waals surface area contributed by atoms with Gasteiger partial charge in [0.15, 0.2) is 0 Å². The zero-order valence-corrected chi connectivity index (χ0v) is 15.5. The summed E-state index contributed by atoms with van der Waals surface area (Å²) in [6.45, 7) is 3.94. The Morgan fingerprint density at radius 3 is 2.00 bits per heavy atom. The molecule has 3 aromatic rings. The molecule has 0 saturated heterocycles. The third-order valence-corrected chi connectivity index (χ3v) is 4.48. The van der Waals surface area contributed by atoms with Crippen LogP contribution >= 0.6 is 0 Å². The van der Waals surface area contributed by atoms with E-state index in [2.05, 4.69) is 5.10 Å². The van der Waals surface area contributed by atoms with Gasteiger partial charge in [0.25, 0.3) is 0 Å². The van der Waals surface area contributed by atoms with Crippen LogP contribution in [0, 0.1) is 13.8 Å². The molecule has 0 aliphatic heterocycles. The summed E-state index contributed by atoms with van der Waals surface area (Å²) >= 11 is 0. The van der Waals surface area contributed by atoms with Crippen molar-refractivity contribution in [1.82, 2.24) is 9.78 Å². The lowest BCUT2D eigenvalue weighted by Gasteiger charge is -2.26. The van der Waals surface area contributed by atoms with Crippen molar-refractivity contribution in [3.63, 3.8) is 0 Å². The van der Waals surface area contributed by atoms with Gasteiger partial charge in [0.2, 0.25) is 0 Å². The smallest absolute Gasteiger partial charge is 0.119 e. The molecule has 0 bridgehead atoms. The highest BCUT2D eigenvalue weighted by Gasteiger charge is 2.27. The first kappa shape index (κ1) is 18.0. The lowest BCUT2D eigenvalue weighted by atomic mass is 9.95. The normalized spacial score (nSPS) is 13.3. The van der Waals surface area contributed by atoms with Crippen molar-refractivity contribution in [3.05, 3.63) is 77.1 Å². The minimum Gasteiger partial charge on any atom is -0.497 e. The minimum atomic E-state index is -0.796. The molecule has 5 nitrogen and oxygen atoms in total. The number of aromatic nitrogens is 2. The van der Waals surface area contributed by atoms with Gasteiger partial charge in [-0.25, -0.2) is 0 Å². The van der Waals surface area contributed by atoms with E-state index in [0.717, 1.165) is 28.3 Å². The Morgan fingerprint density at radius 1 is 0.885 bits per heavy atom. The molecular formula is C21H24N2O3. The van der Waals surface area contributed by atoms with Gasteiger partial charge in [-0.2, -0.15) is 5.10 Å². The molecule has 136 valence electrons. The van der Waals surface area contributed by atoms with Gasteiger partial charge in [0.1, 0.15) is 23.6 Å². The lowest BCUT2D eigenvalue weighted by Crippen LogP contribution is -2.21. The zero-order valence-electron chi connectivity index (χ0n) is 15.5. The Bertz CT molecular complexity index is 888. The Hall–Kier alpha value is -2.79. The number of aliphatic hydroxyl groups excluding tert-OH is 1. The van der Waals surface area contributed by atoms with Gasteiger partial charge in [-0.05, 0) is 55.3 Å². The molecule has 1 aromatic heterocycles. The summed E-state index contributed by atoms with van der Waals surface area (Å²) in [7, 11) is 3.25. The fourth-order valence-corrected chi connectivity index (χ4v) is 3.22. The highest BCUT2D eigenvalue weighted by Crippen LogP contribution is 2.35. The van der Waals surface area contributed by atoms with Crippen LogP contribution in [0.3, 0.4) is 0 Å². The first-order valence-electron chi connectivity index (χ1n) is 8.52. The predicted octanol–water partition coefficient (Wildman–Crippen LogP) is 3.84. The molecule has 0 aliphatic carbocycles. The molecule has 0 amide bonds. The van der Waals surface area contributed by atoms with E-state index in [1.54, 1.807) is 14.2 Å². The first-order valence-corrected chi connectivity index (χ1v) is 8.52. The maximum atomic E-state index is 11.2. The highest BCUT2D eigenvalue weighted by atomic mass is 16.5. The van der Waals surface area contributed by atoms with Crippen molar-refractivity contribution in [2.45, 2.75) is 26.0 Å². The van der Waals surface area contributed by atoms with Gasteiger partial charge in [-0.15, -0.1) is 0 Å². The third-order valence-electron chi connectivity index (χ3n) is 4.48. The van der Waals surface area contributed by atoms with E-state index in [9.17, 15) is 5.11 Å². The van der Waals surface area contributed by atoms with Crippen molar-refractivity contribution in [3.8, 4) is 11.5 Å². The Balaban J connectivity index is 2.11. The van der Waals surface area contributed by atoms with E-state index in [1.807, 2.05) is 73.1 Å². The number of methoxy groups -OCH3 is 2. The topological polar surface area (TPSA) is 56.5 Å². The molecule has 2 atom stereocenters. The summed E-state index contributed by atoms with van der Waals surface area (Å²) in [4.78, 5) is 0. The van der Waals surface area contributed by atoms with E-state index in [1.165, 1.54) is 0 Å². The van der Waals surface area contributed by atoms with Crippen molar-refractivity contribution in [2.24, 2.45) is 0 Å². The quantitative estimate of drug-likeness (QED) is 0.732. The molecule has 0 fully saturated rings. The Morgan fingerprint density at radius 2 is 1.46 bits per heavy atom. The molecule has 1 heterocycles. The maximum absolute atomic E-state index is 11.2. The number of aryl methyl sites for hydroxylation is 2. The summed E-state index contributed by atoms with van der Waals surface area (Å²) < 4.78 is 12.5. The molecule has 1 N–H and O–H groups in total. The highest BCUT2D eigenvalue weighted by molar-refractivity contribution is 5.36. The summed E-state index contributed by atoms with van der Waals surface area (Å²) in [5.41, 5.74) is 3.58. The Labute approximate surface area is 153 Å². The first-order chi connectivity index (χ1) is 12.5. The third kappa shape index (κ3) is 3.58. The number of hydrogen-bond donors (Lipinski definition) is 1. The summed E-state index contributed by atoms with van der Waals surface area (Å²) in [6.07, 6.45) is -0.796. The number of rotatable bonds is 6. The monoisotopic (exact) mass is 352 g/mol. The molecule has 26 heavy (non-hydrogen) atoms. The van der Waals surface area contributed by atoms with Gasteiger partial charge in [-0.1, -0.05) is 24.3 Å². The van der Waals surface area contributed by atoms with Crippen LogP contribution in [0.4, 0.5) is 0 Å². The van der Waals surface area contributed by atoms with Crippen LogP contribution in [0.2, 0.25) is 0 Å². The molecule has 0 saturated carbocycles. The molecule has 3 rings (SSSR count). The van der Waals surface area contributed by atoms with Gasteiger partial charge in [0, 0.05) is 5.69 Å². The van der Waals surface area contributed by atoms with Crippen LogP contribution in [0.25, 0.3) is 0 Å². The minimum absolute atomic E-state index is 0.383. The molecular weight excluding hydrogens is 328 g/mol. The van der Waals surface area contributed by atoms with E-state index in [-0.39, 0.29) is 6.04 Å². The second-order valence-electron chi connectivity index (χ2n) is 6.31. The zero-order chi connectivity index (χ0) is 18.7. The number of nitrogens with zero attached hydrogens (tertiary/aromatic N) is 2. The van der Waals surface area contributed by atoms with Crippen molar-refractivity contribution < 1.29 is 14.6 Å². The fourth-order valence-electron chi connectivity index (χ4n) is 3.22. The number of aliphatic hydroxyl groups is 1. The summed E-state index contributed by atoms with van der Waals surface area (Å²) in [5, 5.41) is 15.9. The van der Waals surface area contributed by atoms with Gasteiger partial charge in [-0.3, -0.25) is 4.68 Å². The van der Waals surface area contributed by atoms with Crippen LogP contribution in [-0.4, -0.2) is 29.1 Å². The number of benzene rings is 2. The lowest BCUT2D eigenvalue weighted by molar-refractivity contribution is 0.124. The summed E-state index contributed by atoms with van der Waals surface area (Å²) in [6, 6.07) is 16.8. The molecule has 0 unspecified atom stereocenters. The molecule has 5 heteroatoms. The molecule has 0 radical (unpaired) electrons. The summed E-state index contributed by atoms with van der Waals surface area (Å²) in [5.74, 6) is 1.45. The van der Waals surface area contributed by atoms with E-state index in [4.69, 9.17) is 9.47 Å². The maximum Gasteiger partial charge on any atom is 0.119 e. The van der Waals surface area contributed by atoms with Gasteiger partial charge >= 0.3 is 0 Å². The fraction of sp³-hybridized carbons (Fsp3) is 0.286. The average molecular weight is 352 g/mol. The van der Waals surface area contributed by atoms with Gasteiger partial charge in [0.05, 0.1) is 19.9 Å². The van der Waals surface area contributed by atoms with Crippen molar-refractivity contribution in [2.75, 3.05) is 14.2 Å². The standard InChI is InChI=1S/C21H24N2O3/c1-14-11-15(2)23(22-14)20(16-7-5-9-18(12-16)25-3)21(24)17-8-6-10-19(13-17)26-4/h5-13,20-21,24H,1-4H3/t20-,21-/m1/s1. The van der Waals surface area contributed by atoms with Gasteiger partial charge < -0.3 is 14.6 Å². The average Bonchev–Trinajstić information content (AvgIpc) is 3.00. The second kappa shape index (κ2) is 7.62. The predicted molar refractivity (Wildman–Crippen MR) is 101 cm³/mol. The molecule has 0 aliphatic rings. The SMILES string of the molecule is COc1cccc([C@@H](O)[C@@H](c2cccc(OC)c2)n2nc(C)cc2C)c1. The Kier molecular flexibility index (Phi) is 5.28. The largest absolute Gasteiger partial charge is 0.497 e. The molecule has 2 aromatic carbocycles. The van der Waals surface area contributed by atoms with Crippen LogP contribution < -0.4 is 9.47 Å². The van der Waals surface area contributed by atoms with Crippen LogP contribution in [0.5, 0.6) is 11.5 Å². The van der Waals surface area contributed by atoms with Crippen LogP contribution in [0.15, 0.2) is 54.6 Å². The van der Waals surface area contributed by atoms with Crippen LogP contribution in [0.1, 0.15) is 34.7 Å². The molecule has 0 spiro atoms. The van der Waals surface area contributed by atoms with E-state index < -0.39 is 6.10 Å². The number of hydrogen-bond acceptors (Lipinski definition) is 4. The second-order valence-corrected chi connectivity index (χ2v) is 6.31. The van der Waals surface area contributed by atoms with Crippen molar-refractivity contribution in [1.29, 1.82) is 0 Å². The van der Waals surface area contributed by atoms with Crippen molar-refractivity contribution >= 4 is 0 Å².